The Bertz CT molecular complexity index is 467. The molecule has 1 aliphatic heterocycles. The van der Waals surface area contributed by atoms with Gasteiger partial charge in [-0.3, -0.25) is 0 Å². The lowest BCUT2D eigenvalue weighted by Gasteiger charge is -2.17. The molecule has 102 valence electrons. The zero-order valence-electron chi connectivity index (χ0n) is 11.1. The highest BCUT2D eigenvalue weighted by Gasteiger charge is 2.18. The summed E-state index contributed by atoms with van der Waals surface area (Å²) in [7, 11) is 0. The van der Waals surface area contributed by atoms with Crippen LogP contribution in [-0.2, 0) is 12.8 Å². The number of carbonyl (C=O) groups excluding carboxylic acids is 1. The summed E-state index contributed by atoms with van der Waals surface area (Å²) in [6, 6.07) is 6.20. The highest BCUT2D eigenvalue weighted by atomic mass is 16.6. The Morgan fingerprint density at radius 3 is 2.89 bits per heavy atom. The van der Waals surface area contributed by atoms with Crippen molar-refractivity contribution < 1.29 is 9.53 Å². The van der Waals surface area contributed by atoms with Crippen LogP contribution in [0.15, 0.2) is 18.2 Å². The standard InChI is InChI=1S/C15H20N2O2/c18-15(17-13-7-8-16-10-13)19-14-6-5-11-3-1-2-4-12(11)9-14/h5-6,9,13,16H,1-4,7-8,10H2,(H,17,18). The van der Waals surface area contributed by atoms with Crippen molar-refractivity contribution in [3.05, 3.63) is 29.3 Å². The van der Waals surface area contributed by atoms with Crippen LogP contribution in [0.4, 0.5) is 4.79 Å². The van der Waals surface area contributed by atoms with E-state index in [0.717, 1.165) is 32.4 Å². The van der Waals surface area contributed by atoms with Crippen molar-refractivity contribution in [1.29, 1.82) is 0 Å². The summed E-state index contributed by atoms with van der Waals surface area (Å²) in [6.45, 7) is 1.79. The Hall–Kier alpha value is -1.55. The maximum absolute atomic E-state index is 11.8. The second-order valence-electron chi connectivity index (χ2n) is 5.36. The van der Waals surface area contributed by atoms with E-state index in [9.17, 15) is 4.79 Å². The predicted octanol–water partition coefficient (Wildman–Crippen LogP) is 2.02. The fourth-order valence-electron chi connectivity index (χ4n) is 2.85. The van der Waals surface area contributed by atoms with Crippen LogP contribution >= 0.6 is 0 Å². The van der Waals surface area contributed by atoms with E-state index < -0.39 is 0 Å². The molecule has 1 amide bonds. The summed E-state index contributed by atoms with van der Waals surface area (Å²) in [5.74, 6) is 0.657. The molecule has 2 aliphatic rings. The summed E-state index contributed by atoms with van der Waals surface area (Å²) in [5.41, 5.74) is 2.73. The van der Waals surface area contributed by atoms with E-state index in [2.05, 4.69) is 16.7 Å². The molecular weight excluding hydrogens is 240 g/mol. The molecule has 0 radical (unpaired) electrons. The van der Waals surface area contributed by atoms with Crippen LogP contribution in [0.2, 0.25) is 0 Å². The van der Waals surface area contributed by atoms with E-state index in [0.29, 0.717) is 5.75 Å². The highest BCUT2D eigenvalue weighted by Crippen LogP contribution is 2.25. The summed E-state index contributed by atoms with van der Waals surface area (Å²) in [5, 5.41) is 6.10. The monoisotopic (exact) mass is 260 g/mol. The van der Waals surface area contributed by atoms with Gasteiger partial charge in [-0.05, 0) is 61.9 Å². The predicted molar refractivity (Wildman–Crippen MR) is 73.5 cm³/mol. The fourth-order valence-corrected chi connectivity index (χ4v) is 2.85. The minimum Gasteiger partial charge on any atom is -0.410 e. The van der Waals surface area contributed by atoms with Crippen LogP contribution < -0.4 is 15.4 Å². The maximum Gasteiger partial charge on any atom is 0.412 e. The number of ether oxygens (including phenoxy) is 1. The van der Waals surface area contributed by atoms with Gasteiger partial charge < -0.3 is 15.4 Å². The highest BCUT2D eigenvalue weighted by molar-refractivity contribution is 5.71. The van der Waals surface area contributed by atoms with Crippen molar-refractivity contribution in [1.82, 2.24) is 10.6 Å². The lowest BCUT2D eigenvalue weighted by molar-refractivity contribution is 0.197. The maximum atomic E-state index is 11.8. The molecule has 19 heavy (non-hydrogen) atoms. The Morgan fingerprint density at radius 2 is 2.11 bits per heavy atom. The number of amides is 1. The molecule has 1 heterocycles. The van der Waals surface area contributed by atoms with Gasteiger partial charge in [0, 0.05) is 12.6 Å². The van der Waals surface area contributed by atoms with Gasteiger partial charge in [0.1, 0.15) is 5.75 Å². The molecule has 1 aromatic rings. The van der Waals surface area contributed by atoms with E-state index >= 15 is 0 Å². The van der Waals surface area contributed by atoms with Gasteiger partial charge in [0.25, 0.3) is 0 Å². The molecular formula is C15H20N2O2. The Morgan fingerprint density at radius 1 is 1.26 bits per heavy atom. The fraction of sp³-hybridized carbons (Fsp3) is 0.533. The van der Waals surface area contributed by atoms with Crippen molar-refractivity contribution >= 4 is 6.09 Å². The lowest BCUT2D eigenvalue weighted by Crippen LogP contribution is -2.38. The minimum atomic E-state index is -0.343. The molecule has 4 heteroatoms. The molecule has 0 saturated carbocycles. The van der Waals surface area contributed by atoms with E-state index in [4.69, 9.17) is 4.74 Å². The summed E-state index contributed by atoms with van der Waals surface area (Å²) >= 11 is 0. The number of nitrogens with one attached hydrogen (secondary N) is 2. The number of benzene rings is 1. The van der Waals surface area contributed by atoms with Crippen LogP contribution in [0.3, 0.4) is 0 Å². The van der Waals surface area contributed by atoms with Crippen molar-refractivity contribution in [3.63, 3.8) is 0 Å². The molecule has 0 bridgehead atoms. The van der Waals surface area contributed by atoms with E-state index in [-0.39, 0.29) is 12.1 Å². The SMILES string of the molecule is O=C(NC1CCNC1)Oc1ccc2c(c1)CCCC2. The van der Waals surface area contributed by atoms with Crippen molar-refractivity contribution in [2.24, 2.45) is 0 Å². The number of hydrogen-bond donors (Lipinski definition) is 2. The molecule has 0 aromatic heterocycles. The normalized spacial score (nSPS) is 21.8. The van der Waals surface area contributed by atoms with Crippen molar-refractivity contribution in [2.75, 3.05) is 13.1 Å². The quantitative estimate of drug-likeness (QED) is 0.855. The molecule has 4 nitrogen and oxygen atoms in total. The Kier molecular flexibility index (Phi) is 3.69. The summed E-state index contributed by atoms with van der Waals surface area (Å²) < 4.78 is 5.36. The minimum absolute atomic E-state index is 0.199. The van der Waals surface area contributed by atoms with Gasteiger partial charge in [-0.15, -0.1) is 0 Å². The third kappa shape index (κ3) is 3.07. The zero-order valence-corrected chi connectivity index (χ0v) is 11.1. The molecule has 1 saturated heterocycles. The second kappa shape index (κ2) is 5.61. The molecule has 1 unspecified atom stereocenters. The third-order valence-electron chi connectivity index (χ3n) is 3.91. The molecule has 2 N–H and O–H groups in total. The number of carbonyl (C=O) groups is 1. The molecule has 1 atom stereocenters. The first-order chi connectivity index (χ1) is 9.31. The molecule has 1 aromatic carbocycles. The topological polar surface area (TPSA) is 50.4 Å². The van der Waals surface area contributed by atoms with Crippen molar-refractivity contribution in [3.8, 4) is 5.75 Å². The first kappa shape index (κ1) is 12.5. The second-order valence-corrected chi connectivity index (χ2v) is 5.36. The van der Waals surface area contributed by atoms with E-state index in [1.807, 2.05) is 12.1 Å². The van der Waals surface area contributed by atoms with Crippen LogP contribution in [0.1, 0.15) is 30.4 Å². The lowest BCUT2D eigenvalue weighted by atomic mass is 9.92. The van der Waals surface area contributed by atoms with Crippen molar-refractivity contribution in [2.45, 2.75) is 38.1 Å². The number of aryl methyl sites for hydroxylation is 2. The van der Waals surface area contributed by atoms with Crippen LogP contribution in [0, 0.1) is 0 Å². The van der Waals surface area contributed by atoms with E-state index in [1.165, 1.54) is 24.0 Å². The molecule has 1 aliphatic carbocycles. The van der Waals surface area contributed by atoms with Gasteiger partial charge in [0.05, 0.1) is 0 Å². The number of fused-ring (bicyclic) bond motifs is 1. The first-order valence-corrected chi connectivity index (χ1v) is 7.12. The Labute approximate surface area is 113 Å². The van der Waals surface area contributed by atoms with Gasteiger partial charge in [0.15, 0.2) is 0 Å². The average Bonchev–Trinajstić information content (AvgIpc) is 2.91. The van der Waals surface area contributed by atoms with Gasteiger partial charge in [-0.2, -0.15) is 0 Å². The smallest absolute Gasteiger partial charge is 0.410 e. The largest absolute Gasteiger partial charge is 0.412 e. The van der Waals surface area contributed by atoms with Gasteiger partial charge in [-0.25, -0.2) is 4.79 Å². The molecule has 0 spiro atoms. The molecule has 3 rings (SSSR count). The summed E-state index contributed by atoms with van der Waals surface area (Å²) in [4.78, 5) is 11.8. The average molecular weight is 260 g/mol. The Balaban J connectivity index is 1.61. The zero-order chi connectivity index (χ0) is 13.1. The van der Waals surface area contributed by atoms with Gasteiger partial charge in [-0.1, -0.05) is 6.07 Å². The number of hydrogen-bond acceptors (Lipinski definition) is 3. The van der Waals surface area contributed by atoms with Gasteiger partial charge >= 0.3 is 6.09 Å². The van der Waals surface area contributed by atoms with Crippen LogP contribution in [-0.4, -0.2) is 25.2 Å². The molecule has 1 fully saturated rings. The van der Waals surface area contributed by atoms with Crippen LogP contribution in [0.5, 0.6) is 5.75 Å². The number of rotatable bonds is 2. The van der Waals surface area contributed by atoms with Gasteiger partial charge in [0.2, 0.25) is 0 Å². The third-order valence-corrected chi connectivity index (χ3v) is 3.91. The first-order valence-electron chi connectivity index (χ1n) is 7.12. The van der Waals surface area contributed by atoms with Crippen LogP contribution in [0.25, 0.3) is 0 Å². The summed E-state index contributed by atoms with van der Waals surface area (Å²) in [6.07, 6.45) is 5.37. The van der Waals surface area contributed by atoms with E-state index in [1.54, 1.807) is 0 Å².